The zero-order valence-corrected chi connectivity index (χ0v) is 12.6. The van der Waals surface area contributed by atoms with E-state index in [4.69, 9.17) is 5.73 Å². The molecule has 0 spiro atoms. The summed E-state index contributed by atoms with van der Waals surface area (Å²) in [6.07, 6.45) is 10.4. The minimum Gasteiger partial charge on any atom is -0.395 e. The van der Waals surface area contributed by atoms with Crippen LogP contribution in [0.2, 0.25) is 0 Å². The highest BCUT2D eigenvalue weighted by molar-refractivity contribution is 4.91. The number of rotatable bonds is 5. The molecule has 19 heavy (non-hydrogen) atoms. The molecule has 0 aromatic carbocycles. The molecule has 0 amide bonds. The van der Waals surface area contributed by atoms with Gasteiger partial charge >= 0.3 is 0 Å². The van der Waals surface area contributed by atoms with Crippen LogP contribution in [0.3, 0.4) is 0 Å². The monoisotopic (exact) mass is 268 g/mol. The first-order valence-corrected chi connectivity index (χ1v) is 8.36. The molecule has 4 atom stereocenters. The number of nitrogens with two attached hydrogens (primary N) is 1. The number of piperidine rings is 1. The predicted molar refractivity (Wildman–Crippen MR) is 80.0 cm³/mol. The van der Waals surface area contributed by atoms with Crippen molar-refractivity contribution in [2.45, 2.75) is 70.4 Å². The van der Waals surface area contributed by atoms with Gasteiger partial charge in [-0.05, 0) is 50.6 Å². The second kappa shape index (κ2) is 7.61. The van der Waals surface area contributed by atoms with E-state index in [0.717, 1.165) is 12.5 Å². The Morgan fingerprint density at radius 3 is 2.74 bits per heavy atom. The molecule has 1 heterocycles. The van der Waals surface area contributed by atoms with Crippen molar-refractivity contribution in [1.82, 2.24) is 4.90 Å². The summed E-state index contributed by atoms with van der Waals surface area (Å²) in [7, 11) is 0. The average molecular weight is 268 g/mol. The van der Waals surface area contributed by atoms with Crippen LogP contribution in [0.1, 0.15) is 58.3 Å². The summed E-state index contributed by atoms with van der Waals surface area (Å²) >= 11 is 0. The van der Waals surface area contributed by atoms with Gasteiger partial charge in [0.2, 0.25) is 0 Å². The van der Waals surface area contributed by atoms with E-state index in [1.54, 1.807) is 0 Å². The molecule has 0 radical (unpaired) electrons. The highest BCUT2D eigenvalue weighted by Crippen LogP contribution is 2.36. The van der Waals surface area contributed by atoms with Crippen LogP contribution in [-0.4, -0.2) is 41.8 Å². The van der Waals surface area contributed by atoms with Crippen LogP contribution in [0.25, 0.3) is 0 Å². The van der Waals surface area contributed by atoms with Crippen molar-refractivity contribution in [2.75, 3.05) is 19.7 Å². The summed E-state index contributed by atoms with van der Waals surface area (Å²) in [5, 5.41) is 9.65. The van der Waals surface area contributed by atoms with Gasteiger partial charge in [-0.25, -0.2) is 0 Å². The van der Waals surface area contributed by atoms with Crippen LogP contribution in [0.15, 0.2) is 0 Å². The predicted octanol–water partition coefficient (Wildman–Crippen LogP) is 2.38. The SMILES string of the molecule is CCCC1CCC(CN)C(N2CCCCC2CO)C1. The van der Waals surface area contributed by atoms with Crippen LogP contribution >= 0.6 is 0 Å². The zero-order valence-electron chi connectivity index (χ0n) is 12.6. The number of aliphatic hydroxyl groups excluding tert-OH is 1. The minimum atomic E-state index is 0.326. The molecule has 112 valence electrons. The molecule has 4 unspecified atom stereocenters. The van der Waals surface area contributed by atoms with Crippen LogP contribution in [0, 0.1) is 11.8 Å². The van der Waals surface area contributed by atoms with Crippen molar-refractivity contribution in [3.8, 4) is 0 Å². The quantitative estimate of drug-likeness (QED) is 0.805. The van der Waals surface area contributed by atoms with E-state index in [0.29, 0.717) is 24.6 Å². The number of hydrogen-bond acceptors (Lipinski definition) is 3. The molecule has 2 aliphatic rings. The third kappa shape index (κ3) is 3.71. The van der Waals surface area contributed by atoms with Crippen molar-refractivity contribution in [1.29, 1.82) is 0 Å². The Hall–Kier alpha value is -0.120. The summed E-state index contributed by atoms with van der Waals surface area (Å²) in [4.78, 5) is 2.61. The van der Waals surface area contributed by atoms with E-state index in [1.165, 1.54) is 57.9 Å². The molecule has 1 aliphatic heterocycles. The fraction of sp³-hybridized carbons (Fsp3) is 1.00. The van der Waals surface area contributed by atoms with Gasteiger partial charge in [-0.15, -0.1) is 0 Å². The van der Waals surface area contributed by atoms with Crippen LogP contribution in [0.4, 0.5) is 0 Å². The molecule has 1 aliphatic carbocycles. The maximum Gasteiger partial charge on any atom is 0.0586 e. The lowest BCUT2D eigenvalue weighted by atomic mass is 9.75. The second-order valence-corrected chi connectivity index (χ2v) is 6.60. The molecule has 2 fully saturated rings. The summed E-state index contributed by atoms with van der Waals surface area (Å²) in [6.45, 7) is 4.61. The third-order valence-electron chi connectivity index (χ3n) is 5.37. The van der Waals surface area contributed by atoms with Gasteiger partial charge in [0.25, 0.3) is 0 Å². The molecule has 3 nitrogen and oxygen atoms in total. The maximum absolute atomic E-state index is 9.65. The van der Waals surface area contributed by atoms with Gasteiger partial charge in [-0.2, -0.15) is 0 Å². The average Bonchev–Trinajstić information content (AvgIpc) is 2.47. The van der Waals surface area contributed by atoms with Gasteiger partial charge in [0, 0.05) is 12.1 Å². The van der Waals surface area contributed by atoms with E-state index in [1.807, 2.05) is 0 Å². The number of aliphatic hydroxyl groups is 1. The lowest BCUT2D eigenvalue weighted by Crippen LogP contribution is -2.54. The van der Waals surface area contributed by atoms with Gasteiger partial charge in [0.1, 0.15) is 0 Å². The molecule has 2 rings (SSSR count). The Morgan fingerprint density at radius 2 is 2.05 bits per heavy atom. The fourth-order valence-corrected chi connectivity index (χ4v) is 4.30. The van der Waals surface area contributed by atoms with Gasteiger partial charge < -0.3 is 10.8 Å². The lowest BCUT2D eigenvalue weighted by molar-refractivity contribution is 0.00224. The smallest absolute Gasteiger partial charge is 0.0586 e. The van der Waals surface area contributed by atoms with Crippen LogP contribution in [0.5, 0.6) is 0 Å². The van der Waals surface area contributed by atoms with Crippen molar-refractivity contribution in [2.24, 2.45) is 17.6 Å². The van der Waals surface area contributed by atoms with Gasteiger partial charge in [-0.1, -0.05) is 32.6 Å². The highest BCUT2D eigenvalue weighted by atomic mass is 16.3. The van der Waals surface area contributed by atoms with Gasteiger partial charge in [0.15, 0.2) is 0 Å². The van der Waals surface area contributed by atoms with Crippen molar-refractivity contribution >= 4 is 0 Å². The van der Waals surface area contributed by atoms with E-state index in [9.17, 15) is 5.11 Å². The zero-order chi connectivity index (χ0) is 13.7. The number of hydrogen-bond donors (Lipinski definition) is 2. The molecule has 3 heteroatoms. The molecule has 1 saturated carbocycles. The van der Waals surface area contributed by atoms with Crippen LogP contribution < -0.4 is 5.73 Å². The van der Waals surface area contributed by atoms with E-state index >= 15 is 0 Å². The number of likely N-dealkylation sites (tertiary alicyclic amines) is 1. The normalized spacial score (nSPS) is 37.4. The van der Waals surface area contributed by atoms with Gasteiger partial charge in [0.05, 0.1) is 6.61 Å². The number of nitrogens with zero attached hydrogens (tertiary/aromatic N) is 1. The van der Waals surface area contributed by atoms with Crippen molar-refractivity contribution in [3.63, 3.8) is 0 Å². The highest BCUT2D eigenvalue weighted by Gasteiger charge is 2.36. The van der Waals surface area contributed by atoms with Crippen molar-refractivity contribution < 1.29 is 5.11 Å². The maximum atomic E-state index is 9.65. The largest absolute Gasteiger partial charge is 0.395 e. The van der Waals surface area contributed by atoms with Gasteiger partial charge in [-0.3, -0.25) is 4.90 Å². The van der Waals surface area contributed by atoms with E-state index in [-0.39, 0.29) is 0 Å². The Bertz CT molecular complexity index is 259. The Morgan fingerprint density at radius 1 is 1.21 bits per heavy atom. The standard InChI is InChI=1S/C16H32N2O/c1-2-5-13-7-8-14(11-17)16(10-13)18-9-4-3-6-15(18)12-19/h13-16,19H,2-12,17H2,1H3. The summed E-state index contributed by atoms with van der Waals surface area (Å²) in [5.41, 5.74) is 6.02. The van der Waals surface area contributed by atoms with Crippen molar-refractivity contribution in [3.05, 3.63) is 0 Å². The van der Waals surface area contributed by atoms with E-state index in [2.05, 4.69) is 11.8 Å². The first kappa shape index (κ1) is 15.3. The molecule has 3 N–H and O–H groups in total. The first-order valence-electron chi connectivity index (χ1n) is 8.36. The Kier molecular flexibility index (Phi) is 6.11. The summed E-state index contributed by atoms with van der Waals surface area (Å²) in [6, 6.07) is 1.03. The minimum absolute atomic E-state index is 0.326. The molecular formula is C16H32N2O. The third-order valence-corrected chi connectivity index (χ3v) is 5.37. The fourth-order valence-electron chi connectivity index (χ4n) is 4.30. The topological polar surface area (TPSA) is 49.5 Å². The Balaban J connectivity index is 2.03. The molecular weight excluding hydrogens is 236 g/mol. The second-order valence-electron chi connectivity index (χ2n) is 6.60. The molecule has 1 saturated heterocycles. The van der Waals surface area contributed by atoms with Crippen LogP contribution in [-0.2, 0) is 0 Å². The molecule has 0 bridgehead atoms. The first-order chi connectivity index (χ1) is 9.30. The summed E-state index contributed by atoms with van der Waals surface area (Å²) in [5.74, 6) is 1.54. The molecule has 0 aromatic heterocycles. The Labute approximate surface area is 118 Å². The van der Waals surface area contributed by atoms with E-state index < -0.39 is 0 Å². The molecule has 0 aromatic rings. The summed E-state index contributed by atoms with van der Waals surface area (Å²) < 4.78 is 0. The lowest BCUT2D eigenvalue weighted by Gasteiger charge is -2.47.